The van der Waals surface area contributed by atoms with Crippen LogP contribution >= 0.6 is 7.82 Å². The number of aliphatic hydroxyl groups excluding tert-OH is 1. The van der Waals surface area contributed by atoms with Crippen molar-refractivity contribution < 1.29 is 32.9 Å². The maximum absolute atomic E-state index is 13.0. The number of aliphatic hydroxyl groups is 1. The van der Waals surface area contributed by atoms with Crippen LogP contribution in [0.4, 0.5) is 0 Å². The summed E-state index contributed by atoms with van der Waals surface area (Å²) in [6, 6.07) is -0.912. The number of rotatable bonds is 59. The van der Waals surface area contributed by atoms with Gasteiger partial charge in [-0.25, -0.2) is 0 Å². The van der Waals surface area contributed by atoms with Crippen molar-refractivity contribution in [2.75, 3.05) is 40.9 Å². The van der Waals surface area contributed by atoms with E-state index in [-0.39, 0.29) is 12.5 Å². The number of phosphoric acid groups is 1. The molecule has 0 aliphatic carbocycles. The first kappa shape index (κ1) is 73.2. The van der Waals surface area contributed by atoms with Crippen molar-refractivity contribution in [2.24, 2.45) is 0 Å². The van der Waals surface area contributed by atoms with Gasteiger partial charge in [-0.3, -0.25) is 9.36 Å². The van der Waals surface area contributed by atoms with Gasteiger partial charge in [0.2, 0.25) is 5.91 Å². The zero-order valence-corrected chi connectivity index (χ0v) is 51.1. The Labute approximate surface area is 466 Å². The number of hydrogen-bond acceptors (Lipinski definition) is 6. The van der Waals surface area contributed by atoms with Crippen LogP contribution in [0.1, 0.15) is 303 Å². The molecule has 2 N–H and O–H groups in total. The maximum Gasteiger partial charge on any atom is 0.268 e. The second-order valence-corrected chi connectivity index (χ2v) is 24.5. The van der Waals surface area contributed by atoms with Crippen molar-refractivity contribution in [1.29, 1.82) is 0 Å². The maximum atomic E-state index is 13.0. The zero-order chi connectivity index (χ0) is 54.9. The lowest BCUT2D eigenvalue weighted by Crippen LogP contribution is -2.45. The van der Waals surface area contributed by atoms with Gasteiger partial charge in [-0.1, -0.05) is 280 Å². The first-order valence-corrected chi connectivity index (χ1v) is 33.6. The van der Waals surface area contributed by atoms with E-state index in [0.29, 0.717) is 17.4 Å². The number of likely N-dealkylation sites (N-methyl/N-ethyl adjacent to an activating group) is 1. The van der Waals surface area contributed by atoms with Gasteiger partial charge < -0.3 is 28.8 Å². The molecule has 0 spiro atoms. The van der Waals surface area contributed by atoms with Crippen molar-refractivity contribution in [3.05, 3.63) is 60.8 Å². The predicted octanol–water partition coefficient (Wildman–Crippen LogP) is 19.4. The number of carbonyl (C=O) groups is 1. The Morgan fingerprint density at radius 2 is 0.787 bits per heavy atom. The van der Waals surface area contributed by atoms with E-state index in [2.05, 4.69) is 67.8 Å². The summed E-state index contributed by atoms with van der Waals surface area (Å²) in [6.07, 6.45) is 77.5. The third-order valence-electron chi connectivity index (χ3n) is 14.4. The number of carbonyl (C=O) groups excluding carboxylic acids is 1. The zero-order valence-electron chi connectivity index (χ0n) is 50.3. The average molecular weight is 1070 g/mol. The number of allylic oxidation sites excluding steroid dienone is 9. The average Bonchev–Trinajstić information content (AvgIpc) is 3.37. The summed E-state index contributed by atoms with van der Waals surface area (Å²) in [4.78, 5) is 25.6. The smallest absolute Gasteiger partial charge is 0.268 e. The van der Waals surface area contributed by atoms with Crippen molar-refractivity contribution in [2.45, 2.75) is 315 Å². The summed E-state index contributed by atoms with van der Waals surface area (Å²) in [5.74, 6) is -0.209. The van der Waals surface area contributed by atoms with Gasteiger partial charge in [0, 0.05) is 6.42 Å². The molecule has 0 aliphatic rings. The minimum absolute atomic E-state index is 0.00978. The van der Waals surface area contributed by atoms with E-state index in [1.165, 1.54) is 231 Å². The molecule has 0 rings (SSSR count). The van der Waals surface area contributed by atoms with Gasteiger partial charge in [0.1, 0.15) is 13.2 Å². The Morgan fingerprint density at radius 3 is 1.16 bits per heavy atom. The summed E-state index contributed by atoms with van der Waals surface area (Å²) in [7, 11) is 1.24. The standard InChI is InChI=1S/C66H125N2O6P/c1-6-8-10-12-14-16-18-20-22-24-26-28-30-31-32-33-34-35-36-37-38-40-42-44-46-48-50-52-54-56-58-60-66(70)67-64(63-74-75(71,72)73-62-61-68(3,4)5)65(69)59-57-55-53-51-49-47-45-43-41-39-29-27-25-23-21-19-17-15-13-11-9-7-2/h26,28,31-32,41,43,49,51,57,59,64-65,69H,6-25,27,29-30,33-40,42,44-48,50,52-56,58,60-63H2,1-5H3,(H-,67,70,71,72)/b28-26-,32-31-,43-41+,51-49+,59-57+. The Balaban J connectivity index is 4.16. The molecule has 0 saturated heterocycles. The van der Waals surface area contributed by atoms with E-state index in [0.717, 1.165) is 51.4 Å². The Bertz CT molecular complexity index is 1400. The fourth-order valence-electron chi connectivity index (χ4n) is 9.39. The number of nitrogens with zero attached hydrogens (tertiary/aromatic N) is 1. The molecule has 0 aromatic carbocycles. The largest absolute Gasteiger partial charge is 0.756 e. The van der Waals surface area contributed by atoms with Gasteiger partial charge in [0.05, 0.1) is 39.9 Å². The lowest BCUT2D eigenvalue weighted by atomic mass is 10.0. The Hall–Kier alpha value is -1.80. The highest BCUT2D eigenvalue weighted by atomic mass is 31.2. The van der Waals surface area contributed by atoms with E-state index in [4.69, 9.17) is 9.05 Å². The molecule has 0 fully saturated rings. The summed E-state index contributed by atoms with van der Waals surface area (Å²) >= 11 is 0. The summed E-state index contributed by atoms with van der Waals surface area (Å²) in [5, 5.41) is 13.9. The summed E-state index contributed by atoms with van der Waals surface area (Å²) < 4.78 is 23.4. The molecule has 1 amide bonds. The molecule has 9 heteroatoms. The molecule has 0 radical (unpaired) electrons. The van der Waals surface area contributed by atoms with Gasteiger partial charge in [-0.2, -0.15) is 0 Å². The molecule has 0 bridgehead atoms. The number of phosphoric ester groups is 1. The van der Waals surface area contributed by atoms with Crippen LogP contribution in [0.3, 0.4) is 0 Å². The molecule has 0 heterocycles. The van der Waals surface area contributed by atoms with Crippen LogP contribution < -0.4 is 10.2 Å². The number of hydrogen-bond donors (Lipinski definition) is 2. The van der Waals surface area contributed by atoms with Crippen LogP contribution in [-0.2, 0) is 18.4 Å². The molecule has 0 aromatic heterocycles. The number of amides is 1. The van der Waals surface area contributed by atoms with Crippen LogP contribution in [0.15, 0.2) is 60.8 Å². The van der Waals surface area contributed by atoms with Crippen molar-refractivity contribution in [1.82, 2.24) is 5.32 Å². The van der Waals surface area contributed by atoms with E-state index in [1.807, 2.05) is 27.2 Å². The van der Waals surface area contributed by atoms with Crippen LogP contribution in [0.5, 0.6) is 0 Å². The Morgan fingerprint density at radius 1 is 0.467 bits per heavy atom. The fourth-order valence-corrected chi connectivity index (χ4v) is 10.1. The third-order valence-corrected chi connectivity index (χ3v) is 15.4. The first-order chi connectivity index (χ1) is 36.5. The van der Waals surface area contributed by atoms with Gasteiger partial charge in [-0.15, -0.1) is 0 Å². The van der Waals surface area contributed by atoms with E-state index in [1.54, 1.807) is 6.08 Å². The Kier molecular flexibility index (Phi) is 55.5. The quantitative estimate of drug-likeness (QED) is 0.0272. The highest BCUT2D eigenvalue weighted by molar-refractivity contribution is 7.45. The van der Waals surface area contributed by atoms with Crippen LogP contribution in [0.2, 0.25) is 0 Å². The topological polar surface area (TPSA) is 108 Å². The third kappa shape index (κ3) is 59.7. The molecule has 0 saturated carbocycles. The minimum atomic E-state index is -4.61. The van der Waals surface area contributed by atoms with Crippen LogP contribution in [0, 0.1) is 0 Å². The van der Waals surface area contributed by atoms with Gasteiger partial charge in [0.25, 0.3) is 7.82 Å². The molecular weight excluding hydrogens is 948 g/mol. The predicted molar refractivity (Wildman–Crippen MR) is 325 cm³/mol. The van der Waals surface area contributed by atoms with Crippen LogP contribution in [-0.4, -0.2) is 68.5 Å². The number of quaternary nitrogens is 1. The molecule has 8 nitrogen and oxygen atoms in total. The normalized spacial score (nSPS) is 14.2. The second kappa shape index (κ2) is 56.9. The molecular formula is C66H125N2O6P. The summed E-state index contributed by atoms with van der Waals surface area (Å²) in [5.41, 5.74) is 0. The highest BCUT2D eigenvalue weighted by Gasteiger charge is 2.23. The molecule has 75 heavy (non-hydrogen) atoms. The lowest BCUT2D eigenvalue weighted by molar-refractivity contribution is -0.870. The molecule has 3 atom stereocenters. The molecule has 3 unspecified atom stereocenters. The first-order valence-electron chi connectivity index (χ1n) is 32.2. The van der Waals surface area contributed by atoms with E-state index < -0.39 is 26.6 Å². The van der Waals surface area contributed by atoms with E-state index in [9.17, 15) is 19.4 Å². The summed E-state index contributed by atoms with van der Waals surface area (Å²) in [6.45, 7) is 4.65. The van der Waals surface area contributed by atoms with Crippen LogP contribution in [0.25, 0.3) is 0 Å². The highest BCUT2D eigenvalue weighted by Crippen LogP contribution is 2.38. The van der Waals surface area contributed by atoms with Gasteiger partial charge in [0.15, 0.2) is 0 Å². The van der Waals surface area contributed by atoms with Crippen molar-refractivity contribution in [3.63, 3.8) is 0 Å². The molecule has 440 valence electrons. The lowest BCUT2D eigenvalue weighted by Gasteiger charge is -2.29. The van der Waals surface area contributed by atoms with Crippen molar-refractivity contribution >= 4 is 13.7 Å². The second-order valence-electron chi connectivity index (χ2n) is 23.1. The SMILES string of the molecule is CCCCCCCCCCC/C=C\C/C=C\CCCCCCCCCCCCCCCCCC(=O)NC(COP(=O)([O-])OCC[N+](C)(C)C)C(O)/C=C/CC/C=C/CC/C=C/CCCCCCCCCCCCCC. The molecule has 0 aliphatic heterocycles. The molecule has 0 aromatic rings. The van der Waals surface area contributed by atoms with Gasteiger partial charge in [-0.05, 0) is 77.0 Å². The minimum Gasteiger partial charge on any atom is -0.756 e. The number of nitrogens with one attached hydrogen (secondary N) is 1. The number of unbranched alkanes of at least 4 members (excludes halogenated alkanes) is 38. The van der Waals surface area contributed by atoms with E-state index >= 15 is 0 Å². The fraction of sp³-hybridized carbons (Fsp3) is 0.833. The monoisotopic (exact) mass is 1070 g/mol. The van der Waals surface area contributed by atoms with Gasteiger partial charge >= 0.3 is 0 Å². The van der Waals surface area contributed by atoms with Crippen molar-refractivity contribution in [3.8, 4) is 0 Å².